The van der Waals surface area contributed by atoms with Gasteiger partial charge in [0.1, 0.15) is 6.04 Å². The first-order valence-corrected chi connectivity index (χ1v) is 9.28. The SMILES string of the molecule is O=C(O)C1CC2CCCCC2N1Cc1ccn(-c2ccc(Cl)cc2)n1. The van der Waals surface area contributed by atoms with E-state index in [1.54, 1.807) is 0 Å². The minimum Gasteiger partial charge on any atom is -0.480 e. The van der Waals surface area contributed by atoms with E-state index in [-0.39, 0.29) is 6.04 Å². The van der Waals surface area contributed by atoms with Crippen LogP contribution in [0.4, 0.5) is 0 Å². The molecule has 1 saturated heterocycles. The average Bonchev–Trinajstić information content (AvgIpc) is 3.21. The monoisotopic (exact) mass is 359 g/mol. The maximum Gasteiger partial charge on any atom is 0.320 e. The fourth-order valence-electron chi connectivity index (χ4n) is 4.39. The molecule has 1 aromatic carbocycles. The lowest BCUT2D eigenvalue weighted by atomic mass is 9.85. The number of halogens is 1. The number of nitrogens with zero attached hydrogens (tertiary/aromatic N) is 3. The number of carboxylic acid groups (broad SMARTS) is 1. The van der Waals surface area contributed by atoms with E-state index < -0.39 is 5.97 Å². The number of rotatable bonds is 4. The highest BCUT2D eigenvalue weighted by molar-refractivity contribution is 6.30. The van der Waals surface area contributed by atoms with Gasteiger partial charge in [-0.05, 0) is 55.5 Å². The van der Waals surface area contributed by atoms with Crippen molar-refractivity contribution in [2.75, 3.05) is 0 Å². The molecule has 0 spiro atoms. The lowest BCUT2D eigenvalue weighted by molar-refractivity contribution is -0.142. The number of aliphatic carboxylic acids is 1. The summed E-state index contributed by atoms with van der Waals surface area (Å²) in [6.45, 7) is 0.596. The molecule has 132 valence electrons. The van der Waals surface area contributed by atoms with E-state index in [1.807, 2.05) is 41.2 Å². The Bertz CT molecular complexity index is 758. The van der Waals surface area contributed by atoms with Crippen molar-refractivity contribution in [2.45, 2.75) is 50.7 Å². The van der Waals surface area contributed by atoms with Gasteiger partial charge in [0.2, 0.25) is 0 Å². The molecule has 2 aromatic rings. The number of carboxylic acids is 1. The molecule has 2 fully saturated rings. The molecule has 1 saturated carbocycles. The first-order chi connectivity index (χ1) is 12.1. The van der Waals surface area contributed by atoms with Crippen LogP contribution in [0.25, 0.3) is 5.69 Å². The lowest BCUT2D eigenvalue weighted by Gasteiger charge is -2.32. The second-order valence-electron chi connectivity index (χ2n) is 7.10. The molecule has 1 N–H and O–H groups in total. The minimum atomic E-state index is -0.702. The normalized spacial score (nSPS) is 26.5. The molecular weight excluding hydrogens is 338 g/mol. The molecule has 0 bridgehead atoms. The van der Waals surface area contributed by atoms with Gasteiger partial charge < -0.3 is 5.11 Å². The number of fused-ring (bicyclic) bond motifs is 1. The third-order valence-electron chi connectivity index (χ3n) is 5.59. The lowest BCUT2D eigenvalue weighted by Crippen LogP contribution is -2.41. The topological polar surface area (TPSA) is 58.4 Å². The predicted molar refractivity (Wildman–Crippen MR) is 95.9 cm³/mol. The largest absolute Gasteiger partial charge is 0.480 e. The van der Waals surface area contributed by atoms with Gasteiger partial charge >= 0.3 is 5.97 Å². The van der Waals surface area contributed by atoms with E-state index >= 15 is 0 Å². The molecule has 3 unspecified atom stereocenters. The fourth-order valence-corrected chi connectivity index (χ4v) is 4.52. The predicted octanol–water partition coefficient (Wildman–Crippen LogP) is 3.74. The van der Waals surface area contributed by atoms with Gasteiger partial charge in [-0.3, -0.25) is 9.69 Å². The average molecular weight is 360 g/mol. The zero-order valence-corrected chi connectivity index (χ0v) is 14.8. The standard InChI is InChI=1S/C19H22ClN3O2/c20-14-5-7-16(8-6-14)23-10-9-15(21-23)12-22-17-4-2-1-3-13(17)11-18(22)19(24)25/h5-10,13,17-18H,1-4,11-12H2,(H,24,25). The van der Waals surface area contributed by atoms with Crippen LogP contribution in [0.5, 0.6) is 0 Å². The summed E-state index contributed by atoms with van der Waals surface area (Å²) >= 11 is 5.94. The number of carbonyl (C=O) groups is 1. The summed E-state index contributed by atoms with van der Waals surface area (Å²) < 4.78 is 1.82. The number of aromatic nitrogens is 2. The second-order valence-corrected chi connectivity index (χ2v) is 7.54. The van der Waals surface area contributed by atoms with E-state index in [2.05, 4.69) is 10.00 Å². The fraction of sp³-hybridized carbons (Fsp3) is 0.474. The highest BCUT2D eigenvalue weighted by atomic mass is 35.5. The molecule has 25 heavy (non-hydrogen) atoms. The molecular formula is C19H22ClN3O2. The Balaban J connectivity index is 1.54. The summed E-state index contributed by atoms with van der Waals surface area (Å²) in [5, 5.41) is 15.0. The van der Waals surface area contributed by atoms with Crippen LogP contribution in [-0.4, -0.2) is 37.8 Å². The van der Waals surface area contributed by atoms with Gasteiger partial charge in [-0.25, -0.2) is 4.68 Å². The van der Waals surface area contributed by atoms with Crippen molar-refractivity contribution in [1.82, 2.24) is 14.7 Å². The number of hydrogen-bond acceptors (Lipinski definition) is 3. The van der Waals surface area contributed by atoms with Crippen molar-refractivity contribution in [3.05, 3.63) is 47.2 Å². The van der Waals surface area contributed by atoms with Crippen LogP contribution in [0.2, 0.25) is 5.02 Å². The molecule has 5 nitrogen and oxygen atoms in total. The molecule has 1 aliphatic heterocycles. The van der Waals surface area contributed by atoms with E-state index in [1.165, 1.54) is 12.8 Å². The summed E-state index contributed by atoms with van der Waals surface area (Å²) in [7, 11) is 0. The molecule has 3 atom stereocenters. The Hall–Kier alpha value is -1.85. The quantitative estimate of drug-likeness (QED) is 0.903. The van der Waals surface area contributed by atoms with Crippen molar-refractivity contribution in [3.8, 4) is 5.69 Å². The maximum absolute atomic E-state index is 11.7. The molecule has 4 rings (SSSR count). The smallest absolute Gasteiger partial charge is 0.320 e. The maximum atomic E-state index is 11.7. The van der Waals surface area contributed by atoms with E-state index in [0.29, 0.717) is 23.5 Å². The number of benzene rings is 1. The Morgan fingerprint density at radius 3 is 2.72 bits per heavy atom. The Morgan fingerprint density at radius 1 is 1.20 bits per heavy atom. The Labute approximate surface area is 152 Å². The first kappa shape index (κ1) is 16.6. The van der Waals surface area contributed by atoms with Crippen molar-refractivity contribution in [3.63, 3.8) is 0 Å². The van der Waals surface area contributed by atoms with Crippen LogP contribution in [0, 0.1) is 5.92 Å². The van der Waals surface area contributed by atoms with Gasteiger partial charge in [0, 0.05) is 23.8 Å². The Morgan fingerprint density at radius 2 is 1.96 bits per heavy atom. The first-order valence-electron chi connectivity index (χ1n) is 8.91. The molecule has 1 aromatic heterocycles. The van der Waals surface area contributed by atoms with Crippen LogP contribution in [0.15, 0.2) is 36.5 Å². The molecule has 6 heteroatoms. The minimum absolute atomic E-state index is 0.381. The molecule has 2 aliphatic rings. The van der Waals surface area contributed by atoms with Crippen LogP contribution >= 0.6 is 11.6 Å². The van der Waals surface area contributed by atoms with Gasteiger partial charge in [-0.1, -0.05) is 24.4 Å². The summed E-state index contributed by atoms with van der Waals surface area (Å²) in [4.78, 5) is 13.9. The van der Waals surface area contributed by atoms with Crippen molar-refractivity contribution < 1.29 is 9.90 Å². The van der Waals surface area contributed by atoms with Crippen LogP contribution in [0.1, 0.15) is 37.8 Å². The molecule has 0 amide bonds. The third-order valence-corrected chi connectivity index (χ3v) is 5.84. The van der Waals surface area contributed by atoms with Crippen molar-refractivity contribution in [1.29, 1.82) is 0 Å². The highest BCUT2D eigenvalue weighted by Crippen LogP contribution is 2.40. The van der Waals surface area contributed by atoms with Gasteiger partial charge in [0.25, 0.3) is 0 Å². The summed E-state index contributed by atoms with van der Waals surface area (Å²) in [6.07, 6.45) is 7.38. The highest BCUT2D eigenvalue weighted by Gasteiger charge is 2.45. The molecule has 2 heterocycles. The van der Waals surface area contributed by atoms with Crippen LogP contribution in [-0.2, 0) is 11.3 Å². The van der Waals surface area contributed by atoms with E-state index in [4.69, 9.17) is 11.6 Å². The van der Waals surface area contributed by atoms with Gasteiger partial charge in [0.15, 0.2) is 0 Å². The number of likely N-dealkylation sites (tertiary alicyclic amines) is 1. The van der Waals surface area contributed by atoms with Crippen LogP contribution in [0.3, 0.4) is 0 Å². The molecule has 1 aliphatic carbocycles. The summed E-state index contributed by atoms with van der Waals surface area (Å²) in [6, 6.07) is 9.50. The van der Waals surface area contributed by atoms with Gasteiger partial charge in [-0.15, -0.1) is 0 Å². The summed E-state index contributed by atoms with van der Waals surface area (Å²) in [5.41, 5.74) is 1.86. The third kappa shape index (κ3) is 3.31. The van der Waals surface area contributed by atoms with Gasteiger partial charge in [0.05, 0.1) is 11.4 Å². The summed E-state index contributed by atoms with van der Waals surface area (Å²) in [5.74, 6) is -0.181. The van der Waals surface area contributed by atoms with Crippen molar-refractivity contribution in [2.24, 2.45) is 5.92 Å². The van der Waals surface area contributed by atoms with Crippen LogP contribution < -0.4 is 0 Å². The zero-order chi connectivity index (χ0) is 17.4. The molecule has 0 radical (unpaired) electrons. The second kappa shape index (κ2) is 6.81. The Kier molecular flexibility index (Phi) is 4.52. The number of hydrogen-bond donors (Lipinski definition) is 1. The van der Waals surface area contributed by atoms with Crippen molar-refractivity contribution >= 4 is 17.6 Å². The zero-order valence-electron chi connectivity index (χ0n) is 14.0. The van der Waals surface area contributed by atoms with Gasteiger partial charge in [-0.2, -0.15) is 5.10 Å². The van der Waals surface area contributed by atoms with E-state index in [0.717, 1.165) is 30.6 Å². The van der Waals surface area contributed by atoms with E-state index in [9.17, 15) is 9.90 Å².